The number of carbonyl (C=O) groups is 1. The summed E-state index contributed by atoms with van der Waals surface area (Å²) in [5.74, 6) is 0.0141. The van der Waals surface area contributed by atoms with Gasteiger partial charge in [0.1, 0.15) is 21.9 Å². The van der Waals surface area contributed by atoms with Crippen molar-refractivity contribution in [2.24, 2.45) is 0 Å². The van der Waals surface area contributed by atoms with Gasteiger partial charge in [-0.1, -0.05) is 40.6 Å². The Bertz CT molecular complexity index is 619. The van der Waals surface area contributed by atoms with E-state index < -0.39 is 15.2 Å². The van der Waals surface area contributed by atoms with Gasteiger partial charge in [-0.15, -0.1) is 0 Å². The Morgan fingerprint density at radius 2 is 1.82 bits per heavy atom. The molecule has 88 valence electrons. The molecule has 0 N–H and O–H groups in total. The van der Waals surface area contributed by atoms with E-state index in [1.165, 1.54) is 6.26 Å². The number of carboxylic acid groups (broad SMARTS) is 1. The second-order valence-electron chi connectivity index (χ2n) is 4.08. The molecule has 0 heterocycles. The van der Waals surface area contributed by atoms with Crippen LogP contribution in [0.3, 0.4) is 0 Å². The van der Waals surface area contributed by atoms with E-state index in [1.54, 1.807) is 6.07 Å². The highest BCUT2D eigenvalue weighted by Gasteiger charge is 2.24. The van der Waals surface area contributed by atoms with Crippen molar-refractivity contribution in [3.05, 3.63) is 48.0 Å². The number of carbonyl (C=O) groups excluding carboxylic acids is 1. The van der Waals surface area contributed by atoms with Crippen LogP contribution in [0.2, 0.25) is 0 Å². The zero-order valence-corrected chi connectivity index (χ0v) is 10.2. The molecule has 0 aliphatic rings. The van der Waals surface area contributed by atoms with Crippen LogP contribution in [0.25, 0.3) is 10.8 Å². The molecule has 0 aliphatic heterocycles. The van der Waals surface area contributed by atoms with E-state index in [1.807, 2.05) is 36.4 Å². The molecule has 2 rings (SSSR count). The zero-order valence-electron chi connectivity index (χ0n) is 9.38. The molecule has 2 aromatic rings. The van der Waals surface area contributed by atoms with Crippen molar-refractivity contribution in [2.45, 2.75) is 5.75 Å². The molecule has 0 radical (unpaired) electrons. The average molecular weight is 248 g/mol. The van der Waals surface area contributed by atoms with Crippen LogP contribution >= 0.6 is 0 Å². The van der Waals surface area contributed by atoms with Gasteiger partial charge in [-0.2, -0.15) is 0 Å². The summed E-state index contributed by atoms with van der Waals surface area (Å²) in [6.07, 6.45) is 1.22. The van der Waals surface area contributed by atoms with Crippen molar-refractivity contribution in [1.82, 2.24) is 0 Å². The molecular formula is C13H12O3S. The van der Waals surface area contributed by atoms with Crippen molar-refractivity contribution in [3.8, 4) is 0 Å². The predicted octanol–water partition coefficient (Wildman–Crippen LogP) is 1.81. The minimum atomic E-state index is -2.96. The molecule has 0 aliphatic carbocycles. The summed E-state index contributed by atoms with van der Waals surface area (Å²) in [5.41, 5.74) is 0.750. The van der Waals surface area contributed by atoms with E-state index in [0.29, 0.717) is 0 Å². The largest absolute Gasteiger partial charge is 0.504 e. The zero-order chi connectivity index (χ0) is 12.5. The Labute approximate surface area is 101 Å². The molecule has 1 atom stereocenters. The highest BCUT2D eigenvalue weighted by Crippen LogP contribution is 2.18. The lowest BCUT2D eigenvalue weighted by Crippen LogP contribution is -2.35. The third kappa shape index (κ3) is 2.53. The van der Waals surface area contributed by atoms with Gasteiger partial charge >= 0.3 is 0 Å². The lowest BCUT2D eigenvalue weighted by atomic mass is 10.1. The summed E-state index contributed by atoms with van der Waals surface area (Å²) in [4.78, 5) is 10.7. The Morgan fingerprint density at radius 3 is 2.47 bits per heavy atom. The first kappa shape index (κ1) is 11.8. The summed E-state index contributed by atoms with van der Waals surface area (Å²) in [7, 11) is -2.96. The second-order valence-corrected chi connectivity index (χ2v) is 6.71. The maximum absolute atomic E-state index is 11.7. The monoisotopic (exact) mass is 248 g/mol. The molecular weight excluding hydrogens is 236 g/mol. The standard InChI is InChI=1S/C13H12O3S/c1-17(16,13(14)15)9-10-6-7-11-4-2-3-5-12(11)8-10/h2-8H,9H2,1H3. The normalized spacial score (nSPS) is 14.4. The Hall–Kier alpha value is -1.68. The fourth-order valence-electron chi connectivity index (χ4n) is 1.71. The first-order valence-corrected chi connectivity index (χ1v) is 7.28. The van der Waals surface area contributed by atoms with Gasteiger partial charge in [-0.05, 0) is 16.8 Å². The van der Waals surface area contributed by atoms with Crippen LogP contribution in [0.1, 0.15) is 5.56 Å². The van der Waals surface area contributed by atoms with Gasteiger partial charge < -0.3 is 9.90 Å². The minimum Gasteiger partial charge on any atom is -0.504 e. The highest BCUT2D eigenvalue weighted by molar-refractivity contribution is 8.14. The predicted molar refractivity (Wildman–Crippen MR) is 67.0 cm³/mol. The fraction of sp³-hybridized carbons (Fsp3) is 0.154. The van der Waals surface area contributed by atoms with E-state index in [2.05, 4.69) is 0 Å². The smallest absolute Gasteiger partial charge is 0.275 e. The topological polar surface area (TPSA) is 57.2 Å². The molecule has 0 bridgehead atoms. The van der Waals surface area contributed by atoms with Gasteiger partial charge in [0.25, 0.3) is 5.30 Å². The number of hydrogen-bond donors (Lipinski definition) is 0. The van der Waals surface area contributed by atoms with Crippen LogP contribution in [-0.2, 0) is 19.9 Å². The van der Waals surface area contributed by atoms with E-state index >= 15 is 0 Å². The molecule has 0 saturated carbocycles. The van der Waals surface area contributed by atoms with E-state index in [-0.39, 0.29) is 5.75 Å². The van der Waals surface area contributed by atoms with Crippen LogP contribution in [0, 0.1) is 0 Å². The van der Waals surface area contributed by atoms with Gasteiger partial charge in [0, 0.05) is 5.56 Å². The molecule has 0 fully saturated rings. The van der Waals surface area contributed by atoms with Gasteiger partial charge in [-0.3, -0.25) is 0 Å². The van der Waals surface area contributed by atoms with E-state index in [9.17, 15) is 14.1 Å². The maximum atomic E-state index is 11.7. The van der Waals surface area contributed by atoms with Gasteiger partial charge in [0.2, 0.25) is 0 Å². The maximum Gasteiger partial charge on any atom is 0.275 e. The molecule has 0 saturated heterocycles. The molecule has 3 nitrogen and oxygen atoms in total. The Kier molecular flexibility index (Phi) is 2.98. The lowest BCUT2D eigenvalue weighted by Gasteiger charge is -2.07. The van der Waals surface area contributed by atoms with Crippen molar-refractivity contribution in [2.75, 3.05) is 6.26 Å². The quantitative estimate of drug-likeness (QED) is 0.762. The Morgan fingerprint density at radius 1 is 1.18 bits per heavy atom. The van der Waals surface area contributed by atoms with Gasteiger partial charge in [0.15, 0.2) is 0 Å². The minimum absolute atomic E-state index is 0.0141. The summed E-state index contributed by atoms with van der Waals surface area (Å²) in [6.45, 7) is 0. The molecule has 0 aromatic heterocycles. The first-order valence-electron chi connectivity index (χ1n) is 5.14. The first-order chi connectivity index (χ1) is 7.99. The van der Waals surface area contributed by atoms with Crippen LogP contribution in [-0.4, -0.2) is 11.6 Å². The number of fused-ring (bicyclic) bond motifs is 1. The average Bonchev–Trinajstić information content (AvgIpc) is 2.28. The van der Waals surface area contributed by atoms with Gasteiger partial charge in [-0.25, -0.2) is 0 Å². The summed E-state index contributed by atoms with van der Waals surface area (Å²) in [6, 6.07) is 13.3. The highest BCUT2D eigenvalue weighted by atomic mass is 32.2. The van der Waals surface area contributed by atoms with Crippen molar-refractivity contribution in [1.29, 1.82) is 0 Å². The van der Waals surface area contributed by atoms with Crippen LogP contribution in [0.15, 0.2) is 42.5 Å². The molecule has 2 aromatic carbocycles. The SMILES string of the molecule is C[S+](=O)(Cc1ccc2ccccc2c1)C(=O)[O-]. The number of rotatable bonds is 2. The summed E-state index contributed by atoms with van der Waals surface area (Å²) in [5, 5.41) is 11.3. The van der Waals surface area contributed by atoms with E-state index in [4.69, 9.17) is 0 Å². The molecule has 4 heteroatoms. The molecule has 17 heavy (non-hydrogen) atoms. The summed E-state index contributed by atoms with van der Waals surface area (Å²) < 4.78 is 11.7. The molecule has 1 unspecified atom stereocenters. The van der Waals surface area contributed by atoms with Crippen LogP contribution in [0.5, 0.6) is 0 Å². The summed E-state index contributed by atoms with van der Waals surface area (Å²) >= 11 is 0. The van der Waals surface area contributed by atoms with Crippen LogP contribution < -0.4 is 5.11 Å². The van der Waals surface area contributed by atoms with Crippen molar-refractivity contribution in [3.63, 3.8) is 0 Å². The Balaban J connectivity index is 2.38. The third-order valence-electron chi connectivity index (χ3n) is 2.61. The molecule has 0 amide bonds. The molecule has 0 spiro atoms. The second kappa shape index (κ2) is 4.30. The fourth-order valence-corrected chi connectivity index (χ4v) is 2.64. The van der Waals surface area contributed by atoms with Crippen LogP contribution in [0.4, 0.5) is 4.79 Å². The number of benzene rings is 2. The number of hydrogen-bond acceptors (Lipinski definition) is 3. The van der Waals surface area contributed by atoms with Crippen molar-refractivity contribution >= 4 is 26.0 Å². The third-order valence-corrected chi connectivity index (χ3v) is 4.20. The van der Waals surface area contributed by atoms with E-state index in [0.717, 1.165) is 16.3 Å². The van der Waals surface area contributed by atoms with Crippen molar-refractivity contribution < 1.29 is 14.1 Å². The lowest BCUT2D eigenvalue weighted by molar-refractivity contribution is -0.233. The van der Waals surface area contributed by atoms with Gasteiger partial charge in [0.05, 0.1) is 0 Å².